The van der Waals surface area contributed by atoms with E-state index in [0.717, 1.165) is 18.3 Å². The highest BCUT2D eigenvalue weighted by Gasteiger charge is 2.38. The van der Waals surface area contributed by atoms with Crippen molar-refractivity contribution in [3.63, 3.8) is 0 Å². The minimum absolute atomic E-state index is 0.0537. The maximum atomic E-state index is 13.0. The molecule has 7 heteroatoms. The Bertz CT molecular complexity index is 562. The molecule has 0 unspecified atom stereocenters. The van der Waals surface area contributed by atoms with Crippen molar-refractivity contribution in [1.82, 2.24) is 9.78 Å². The third kappa shape index (κ3) is 2.21. The molecular formula is C11H8F4N2O. The van der Waals surface area contributed by atoms with Gasteiger partial charge in [0.05, 0.1) is 18.5 Å². The van der Waals surface area contributed by atoms with Crippen molar-refractivity contribution in [2.45, 2.75) is 12.8 Å². The molecule has 1 aromatic carbocycles. The Morgan fingerprint density at radius 1 is 1.28 bits per heavy atom. The van der Waals surface area contributed by atoms with Crippen LogP contribution in [0.4, 0.5) is 17.6 Å². The molecule has 0 saturated carbocycles. The average molecular weight is 260 g/mol. The molecule has 1 heterocycles. The van der Waals surface area contributed by atoms with Crippen LogP contribution in [0.15, 0.2) is 30.5 Å². The Labute approximate surface area is 99.3 Å². The molecule has 2 aromatic rings. The van der Waals surface area contributed by atoms with E-state index in [4.69, 9.17) is 5.11 Å². The Balaban J connectivity index is 2.62. The summed E-state index contributed by atoms with van der Waals surface area (Å²) < 4.78 is 52.1. The first-order chi connectivity index (χ1) is 8.43. The highest BCUT2D eigenvalue weighted by molar-refractivity contribution is 5.36. The van der Waals surface area contributed by atoms with E-state index in [2.05, 4.69) is 5.10 Å². The number of alkyl halides is 3. The lowest BCUT2D eigenvalue weighted by atomic mass is 10.2. The monoisotopic (exact) mass is 260 g/mol. The fourth-order valence-electron chi connectivity index (χ4n) is 1.60. The number of hydrogen-bond donors (Lipinski definition) is 1. The number of halogens is 4. The topological polar surface area (TPSA) is 38.1 Å². The van der Waals surface area contributed by atoms with Gasteiger partial charge in [-0.15, -0.1) is 0 Å². The van der Waals surface area contributed by atoms with Gasteiger partial charge in [0, 0.05) is 5.56 Å². The predicted octanol–water partition coefficient (Wildman–Crippen LogP) is 2.52. The minimum atomic E-state index is -4.68. The van der Waals surface area contributed by atoms with Crippen molar-refractivity contribution in [2.24, 2.45) is 0 Å². The van der Waals surface area contributed by atoms with Crippen LogP contribution in [0.1, 0.15) is 11.3 Å². The molecule has 0 amide bonds. The first kappa shape index (κ1) is 12.6. The average Bonchev–Trinajstić information content (AvgIpc) is 2.72. The smallest absolute Gasteiger partial charge is 0.392 e. The molecule has 96 valence electrons. The van der Waals surface area contributed by atoms with Gasteiger partial charge in [0.15, 0.2) is 5.69 Å². The summed E-state index contributed by atoms with van der Waals surface area (Å²) in [4.78, 5) is 0. The van der Waals surface area contributed by atoms with Crippen molar-refractivity contribution >= 4 is 0 Å². The number of rotatable bonds is 2. The second-order valence-corrected chi connectivity index (χ2v) is 3.57. The van der Waals surface area contributed by atoms with Crippen LogP contribution in [0.25, 0.3) is 5.69 Å². The zero-order valence-corrected chi connectivity index (χ0v) is 8.95. The van der Waals surface area contributed by atoms with E-state index < -0.39 is 24.3 Å². The van der Waals surface area contributed by atoms with Crippen LogP contribution in [-0.4, -0.2) is 14.9 Å². The Morgan fingerprint density at radius 3 is 2.56 bits per heavy atom. The van der Waals surface area contributed by atoms with Gasteiger partial charge in [0.25, 0.3) is 0 Å². The first-order valence-electron chi connectivity index (χ1n) is 4.94. The maximum Gasteiger partial charge on any atom is 0.433 e. The molecule has 18 heavy (non-hydrogen) atoms. The summed E-state index contributed by atoms with van der Waals surface area (Å²) in [6.45, 7) is -0.788. The number of nitrogens with zero attached hydrogens (tertiary/aromatic N) is 2. The molecule has 3 nitrogen and oxygen atoms in total. The van der Waals surface area contributed by atoms with E-state index in [1.165, 1.54) is 12.1 Å². The van der Waals surface area contributed by atoms with Crippen LogP contribution in [0, 0.1) is 5.82 Å². The Hall–Kier alpha value is -1.89. The largest absolute Gasteiger partial charge is 0.433 e. The first-order valence-corrected chi connectivity index (χ1v) is 4.94. The van der Waals surface area contributed by atoms with Gasteiger partial charge in [0.2, 0.25) is 0 Å². The zero-order valence-electron chi connectivity index (χ0n) is 8.95. The van der Waals surface area contributed by atoms with Gasteiger partial charge >= 0.3 is 6.18 Å². The molecule has 0 spiro atoms. The quantitative estimate of drug-likeness (QED) is 0.842. The lowest BCUT2D eigenvalue weighted by Crippen LogP contribution is -2.15. The molecule has 0 bridgehead atoms. The molecule has 0 fully saturated rings. The summed E-state index contributed by atoms with van der Waals surface area (Å²) >= 11 is 0. The molecule has 0 radical (unpaired) electrons. The van der Waals surface area contributed by atoms with Gasteiger partial charge < -0.3 is 5.11 Å². The molecule has 0 atom stereocenters. The minimum Gasteiger partial charge on any atom is -0.392 e. The zero-order chi connectivity index (χ0) is 13.3. The van der Waals surface area contributed by atoms with Crippen molar-refractivity contribution in [2.75, 3.05) is 0 Å². The molecule has 0 aliphatic carbocycles. The lowest BCUT2D eigenvalue weighted by molar-refractivity contribution is -0.143. The van der Waals surface area contributed by atoms with Crippen LogP contribution in [0.3, 0.4) is 0 Å². The van der Waals surface area contributed by atoms with Gasteiger partial charge in [-0.25, -0.2) is 9.07 Å². The molecule has 0 saturated heterocycles. The summed E-state index contributed by atoms with van der Waals surface area (Å²) in [5.41, 5.74) is -1.51. The van der Waals surface area contributed by atoms with Crippen LogP contribution in [-0.2, 0) is 12.8 Å². The molecule has 2 rings (SSSR count). The molecular weight excluding hydrogens is 252 g/mol. The highest BCUT2D eigenvalue weighted by atomic mass is 19.4. The van der Waals surface area contributed by atoms with Crippen molar-refractivity contribution in [1.29, 1.82) is 0 Å². The third-order valence-corrected chi connectivity index (χ3v) is 2.34. The number of hydrogen-bond acceptors (Lipinski definition) is 2. The molecule has 0 aliphatic rings. The lowest BCUT2D eigenvalue weighted by Gasteiger charge is -2.12. The summed E-state index contributed by atoms with van der Waals surface area (Å²) in [6, 6.07) is 4.63. The van der Waals surface area contributed by atoms with Crippen molar-refractivity contribution in [3.05, 3.63) is 47.5 Å². The normalized spacial score (nSPS) is 11.8. The van der Waals surface area contributed by atoms with Crippen LogP contribution < -0.4 is 0 Å². The van der Waals surface area contributed by atoms with E-state index in [-0.39, 0.29) is 11.3 Å². The fraction of sp³-hybridized carbons (Fsp3) is 0.182. The van der Waals surface area contributed by atoms with Gasteiger partial charge in [0.1, 0.15) is 5.82 Å². The van der Waals surface area contributed by atoms with Gasteiger partial charge in [-0.1, -0.05) is 6.07 Å². The number of aliphatic hydroxyl groups is 1. The SMILES string of the molecule is OCc1cnn(-c2cccc(F)c2)c1C(F)(F)F. The molecule has 0 aliphatic heterocycles. The second kappa shape index (κ2) is 4.41. The van der Waals surface area contributed by atoms with Crippen LogP contribution in [0.5, 0.6) is 0 Å². The van der Waals surface area contributed by atoms with E-state index >= 15 is 0 Å². The number of benzene rings is 1. The third-order valence-electron chi connectivity index (χ3n) is 2.34. The Morgan fingerprint density at radius 2 is 2.00 bits per heavy atom. The van der Waals surface area contributed by atoms with Crippen LogP contribution >= 0.6 is 0 Å². The van der Waals surface area contributed by atoms with E-state index in [1.54, 1.807) is 0 Å². The van der Waals surface area contributed by atoms with Crippen LogP contribution in [0.2, 0.25) is 0 Å². The summed E-state index contributed by atoms with van der Waals surface area (Å²) in [5, 5.41) is 12.4. The van der Waals surface area contributed by atoms with Crippen molar-refractivity contribution < 1.29 is 22.7 Å². The van der Waals surface area contributed by atoms with Gasteiger partial charge in [-0.2, -0.15) is 18.3 Å². The highest BCUT2D eigenvalue weighted by Crippen LogP contribution is 2.33. The Kier molecular flexibility index (Phi) is 3.08. The fourth-order valence-corrected chi connectivity index (χ4v) is 1.60. The van der Waals surface area contributed by atoms with Crippen molar-refractivity contribution in [3.8, 4) is 5.69 Å². The summed E-state index contributed by atoms with van der Waals surface area (Å²) in [5.74, 6) is -0.665. The second-order valence-electron chi connectivity index (χ2n) is 3.57. The molecule has 1 aromatic heterocycles. The summed E-state index contributed by atoms with van der Waals surface area (Å²) in [7, 11) is 0. The summed E-state index contributed by atoms with van der Waals surface area (Å²) in [6.07, 6.45) is -3.77. The standard InChI is InChI=1S/C11H8F4N2O/c12-8-2-1-3-9(4-8)17-10(11(13,14)15)7(6-18)5-16-17/h1-5,18H,6H2. The molecule has 1 N–H and O–H groups in total. The van der Waals surface area contributed by atoms with Gasteiger partial charge in [-0.3, -0.25) is 0 Å². The number of aromatic nitrogens is 2. The predicted molar refractivity (Wildman–Crippen MR) is 54.4 cm³/mol. The van der Waals surface area contributed by atoms with Gasteiger partial charge in [-0.05, 0) is 18.2 Å². The number of aliphatic hydroxyl groups excluding tert-OH is 1. The van der Waals surface area contributed by atoms with E-state index in [0.29, 0.717) is 4.68 Å². The maximum absolute atomic E-state index is 13.0. The van der Waals surface area contributed by atoms with E-state index in [1.807, 2.05) is 0 Å². The van der Waals surface area contributed by atoms with E-state index in [9.17, 15) is 17.6 Å².